The minimum absolute atomic E-state index is 0.984. The molecule has 0 aromatic rings. The van der Waals surface area contributed by atoms with Gasteiger partial charge >= 0.3 is 0 Å². The van der Waals surface area contributed by atoms with E-state index >= 15 is 0 Å². The number of hydrogen-bond acceptors (Lipinski definition) is 1. The Morgan fingerprint density at radius 2 is 2.25 bits per heavy atom. The fraction of sp³-hybridized carbons (Fsp3) is 0.100. The van der Waals surface area contributed by atoms with Gasteiger partial charge in [-0.2, -0.15) is 0 Å². The van der Waals surface area contributed by atoms with E-state index in [1.165, 1.54) is 17.0 Å². The zero-order valence-electron chi connectivity index (χ0n) is 6.57. The van der Waals surface area contributed by atoms with Crippen molar-refractivity contribution in [1.29, 1.82) is 0 Å². The average molecular weight is 156 g/mol. The van der Waals surface area contributed by atoms with Crippen LogP contribution in [-0.2, 0) is 6.54 Å². The molecule has 58 valence electrons. The summed E-state index contributed by atoms with van der Waals surface area (Å²) < 4.78 is 2.27. The van der Waals surface area contributed by atoms with Gasteiger partial charge < -0.3 is 4.57 Å². The fourth-order valence-electron chi connectivity index (χ4n) is 1.72. The first kappa shape index (κ1) is 6.00. The second-order valence-electron chi connectivity index (χ2n) is 3.02. The maximum atomic E-state index is 4.13. The topological polar surface area (TPSA) is 17.8 Å². The summed E-state index contributed by atoms with van der Waals surface area (Å²) in [4.78, 5) is 4.13. The van der Waals surface area contributed by atoms with Gasteiger partial charge in [0, 0.05) is 24.0 Å². The summed E-state index contributed by atoms with van der Waals surface area (Å²) >= 11 is 0. The molecule has 3 rings (SSSR count). The standard InChI is InChI=1S/C10H8N2/c1-2-9-4-3-8-6-11-7-10(8)12(9)5-1/h1-4,6-7H,5H2. The van der Waals surface area contributed by atoms with E-state index in [1.54, 1.807) is 0 Å². The zero-order valence-corrected chi connectivity index (χ0v) is 6.57. The van der Waals surface area contributed by atoms with Crippen molar-refractivity contribution in [2.45, 2.75) is 6.54 Å². The second-order valence-corrected chi connectivity index (χ2v) is 3.02. The maximum absolute atomic E-state index is 4.13. The largest absolute Gasteiger partial charge is 0.336 e. The Morgan fingerprint density at radius 1 is 1.25 bits per heavy atom. The molecule has 2 nitrogen and oxygen atoms in total. The molecule has 0 aromatic carbocycles. The molecule has 3 aliphatic rings. The van der Waals surface area contributed by atoms with Crippen molar-refractivity contribution in [2.75, 3.05) is 0 Å². The van der Waals surface area contributed by atoms with E-state index in [2.05, 4.69) is 33.8 Å². The van der Waals surface area contributed by atoms with Crippen molar-refractivity contribution in [1.82, 2.24) is 9.55 Å². The van der Waals surface area contributed by atoms with Crippen molar-refractivity contribution in [3.05, 3.63) is 36.3 Å². The summed E-state index contributed by atoms with van der Waals surface area (Å²) in [6.45, 7) is 0.984. The molecule has 3 aliphatic heterocycles. The number of pyridine rings is 1. The average Bonchev–Trinajstić information content (AvgIpc) is 2.71. The molecule has 3 heterocycles. The molecule has 0 spiro atoms. The lowest BCUT2D eigenvalue weighted by Crippen LogP contribution is -1.99. The molecular formula is C10H8N2. The lowest BCUT2D eigenvalue weighted by molar-refractivity contribution is 0.840. The van der Waals surface area contributed by atoms with Crippen LogP contribution >= 0.6 is 0 Å². The Kier molecular flexibility index (Phi) is 0.987. The van der Waals surface area contributed by atoms with E-state index in [4.69, 9.17) is 0 Å². The first-order chi connectivity index (χ1) is 5.95. The highest BCUT2D eigenvalue weighted by Crippen LogP contribution is 2.25. The summed E-state index contributed by atoms with van der Waals surface area (Å²) in [7, 11) is 0. The van der Waals surface area contributed by atoms with Gasteiger partial charge in [0.25, 0.3) is 0 Å². The lowest BCUT2D eigenvalue weighted by Gasteiger charge is -2.09. The number of allylic oxidation sites excluding steroid dienone is 1. The van der Waals surface area contributed by atoms with Crippen LogP contribution in [0.2, 0.25) is 0 Å². The van der Waals surface area contributed by atoms with E-state index in [-0.39, 0.29) is 0 Å². The van der Waals surface area contributed by atoms with Gasteiger partial charge in [-0.25, -0.2) is 0 Å². The summed E-state index contributed by atoms with van der Waals surface area (Å²) in [6, 6.07) is 4.25. The van der Waals surface area contributed by atoms with Gasteiger partial charge in [0.05, 0.1) is 11.9 Å². The molecular weight excluding hydrogens is 148 g/mol. The Hall–Kier alpha value is -1.57. The van der Waals surface area contributed by atoms with Gasteiger partial charge in [0.2, 0.25) is 0 Å². The Bertz CT molecular complexity index is 426. The summed E-state index contributed by atoms with van der Waals surface area (Å²) in [5.41, 5.74) is 3.73. The molecule has 0 bridgehead atoms. The molecule has 0 N–H and O–H groups in total. The van der Waals surface area contributed by atoms with E-state index in [1.807, 2.05) is 12.4 Å². The monoisotopic (exact) mass is 156 g/mol. The van der Waals surface area contributed by atoms with Gasteiger partial charge in [0.1, 0.15) is 0 Å². The van der Waals surface area contributed by atoms with E-state index < -0.39 is 0 Å². The van der Waals surface area contributed by atoms with Gasteiger partial charge in [-0.05, 0) is 18.2 Å². The normalized spacial score (nSPS) is 14.0. The second kappa shape index (κ2) is 1.97. The summed E-state index contributed by atoms with van der Waals surface area (Å²) in [5.74, 6) is 0. The van der Waals surface area contributed by atoms with Crippen LogP contribution in [0.3, 0.4) is 0 Å². The third kappa shape index (κ3) is 0.619. The van der Waals surface area contributed by atoms with Crippen LogP contribution in [0.4, 0.5) is 0 Å². The fourth-order valence-corrected chi connectivity index (χ4v) is 1.72. The molecule has 0 fully saturated rings. The zero-order chi connectivity index (χ0) is 7.97. The Balaban J connectivity index is 2.41. The smallest absolute Gasteiger partial charge is 0.0688 e. The van der Waals surface area contributed by atoms with Crippen LogP contribution in [0.25, 0.3) is 17.3 Å². The van der Waals surface area contributed by atoms with Crippen LogP contribution in [0.1, 0.15) is 5.69 Å². The Labute approximate surface area is 70.5 Å². The highest BCUT2D eigenvalue weighted by Gasteiger charge is 2.11. The van der Waals surface area contributed by atoms with Crippen molar-refractivity contribution < 1.29 is 0 Å². The maximum Gasteiger partial charge on any atom is 0.0688 e. The molecule has 0 unspecified atom stereocenters. The molecule has 0 aliphatic carbocycles. The summed E-state index contributed by atoms with van der Waals surface area (Å²) in [6.07, 6.45) is 8.14. The van der Waals surface area contributed by atoms with Crippen molar-refractivity contribution in [3.8, 4) is 11.3 Å². The highest BCUT2D eigenvalue weighted by molar-refractivity contribution is 5.65. The van der Waals surface area contributed by atoms with Gasteiger partial charge in [-0.3, -0.25) is 4.98 Å². The SMILES string of the molecule is C1=Cc2ccc3cncc-3n2C1. The molecule has 0 amide bonds. The molecule has 12 heavy (non-hydrogen) atoms. The van der Waals surface area contributed by atoms with Crippen LogP contribution in [0, 0.1) is 0 Å². The molecule has 0 aromatic heterocycles. The van der Waals surface area contributed by atoms with Crippen molar-refractivity contribution in [2.24, 2.45) is 0 Å². The predicted molar refractivity (Wildman–Crippen MR) is 47.9 cm³/mol. The quantitative estimate of drug-likeness (QED) is 0.570. The van der Waals surface area contributed by atoms with Crippen LogP contribution in [0.15, 0.2) is 30.6 Å². The lowest BCUT2D eigenvalue weighted by atomic mass is 10.2. The predicted octanol–water partition coefficient (Wildman–Crippen LogP) is 2.01. The number of fused-ring (bicyclic) bond motifs is 3. The minimum atomic E-state index is 0.984. The van der Waals surface area contributed by atoms with Crippen LogP contribution < -0.4 is 0 Å². The summed E-state index contributed by atoms with van der Waals surface area (Å²) in [5, 5.41) is 0. The van der Waals surface area contributed by atoms with E-state index in [9.17, 15) is 0 Å². The highest BCUT2D eigenvalue weighted by atomic mass is 15.0. The van der Waals surface area contributed by atoms with Gasteiger partial charge in [0.15, 0.2) is 0 Å². The molecule has 2 heteroatoms. The number of hydrogen-bond donors (Lipinski definition) is 0. The number of aromatic nitrogens is 2. The van der Waals surface area contributed by atoms with Crippen molar-refractivity contribution >= 4 is 6.08 Å². The molecule has 0 atom stereocenters. The van der Waals surface area contributed by atoms with Gasteiger partial charge in [-0.1, -0.05) is 6.08 Å². The van der Waals surface area contributed by atoms with Crippen LogP contribution in [-0.4, -0.2) is 9.55 Å². The third-order valence-electron chi connectivity index (χ3n) is 2.32. The van der Waals surface area contributed by atoms with Crippen LogP contribution in [0.5, 0.6) is 0 Å². The molecule has 0 saturated heterocycles. The van der Waals surface area contributed by atoms with Crippen molar-refractivity contribution in [3.63, 3.8) is 0 Å². The third-order valence-corrected chi connectivity index (χ3v) is 2.32. The minimum Gasteiger partial charge on any atom is -0.336 e. The molecule has 0 saturated carbocycles. The first-order valence-corrected chi connectivity index (χ1v) is 4.05. The Morgan fingerprint density at radius 3 is 3.25 bits per heavy atom. The first-order valence-electron chi connectivity index (χ1n) is 4.05. The van der Waals surface area contributed by atoms with E-state index in [0.29, 0.717) is 0 Å². The number of nitrogens with zero attached hydrogens (tertiary/aromatic N) is 2. The number of rotatable bonds is 0. The molecule has 0 radical (unpaired) electrons. The van der Waals surface area contributed by atoms with Gasteiger partial charge in [-0.15, -0.1) is 0 Å². The van der Waals surface area contributed by atoms with E-state index in [0.717, 1.165) is 6.54 Å².